The summed E-state index contributed by atoms with van der Waals surface area (Å²) in [4.78, 5) is 23.0. The SMILES string of the molecule is CC(N)C(C)C(=O)N[C@@H](Cc1ccccc1)C(=O)O. The van der Waals surface area contributed by atoms with Crippen LogP contribution in [-0.2, 0) is 16.0 Å². The van der Waals surface area contributed by atoms with Crippen LogP contribution in [0.3, 0.4) is 0 Å². The fourth-order valence-corrected chi connectivity index (χ4v) is 1.59. The van der Waals surface area contributed by atoms with Gasteiger partial charge in [-0.15, -0.1) is 0 Å². The molecule has 1 aromatic carbocycles. The molecule has 1 rings (SSSR count). The van der Waals surface area contributed by atoms with Gasteiger partial charge in [-0.3, -0.25) is 4.79 Å². The molecule has 0 bridgehead atoms. The van der Waals surface area contributed by atoms with Crippen LogP contribution in [0.1, 0.15) is 19.4 Å². The zero-order chi connectivity index (χ0) is 14.4. The highest BCUT2D eigenvalue weighted by Crippen LogP contribution is 2.06. The molecule has 0 saturated heterocycles. The van der Waals surface area contributed by atoms with E-state index in [0.717, 1.165) is 5.56 Å². The highest BCUT2D eigenvalue weighted by Gasteiger charge is 2.24. The summed E-state index contributed by atoms with van der Waals surface area (Å²) in [6.45, 7) is 3.40. The average molecular weight is 264 g/mol. The molecular weight excluding hydrogens is 244 g/mol. The van der Waals surface area contributed by atoms with Gasteiger partial charge in [0.05, 0.1) is 0 Å². The van der Waals surface area contributed by atoms with E-state index in [-0.39, 0.29) is 18.4 Å². The normalized spacial score (nSPS) is 15.3. The molecule has 0 aliphatic carbocycles. The van der Waals surface area contributed by atoms with E-state index in [0.29, 0.717) is 0 Å². The lowest BCUT2D eigenvalue weighted by molar-refractivity contribution is -0.142. The summed E-state index contributed by atoms with van der Waals surface area (Å²) < 4.78 is 0. The van der Waals surface area contributed by atoms with Crippen molar-refractivity contribution in [2.45, 2.75) is 32.4 Å². The second-order valence-electron chi connectivity index (χ2n) is 4.74. The zero-order valence-corrected chi connectivity index (χ0v) is 11.2. The fourth-order valence-electron chi connectivity index (χ4n) is 1.59. The summed E-state index contributed by atoms with van der Waals surface area (Å²) in [6.07, 6.45) is 0.258. The predicted octanol–water partition coefficient (Wildman–Crippen LogP) is 0.782. The summed E-state index contributed by atoms with van der Waals surface area (Å²) in [7, 11) is 0. The molecule has 0 aliphatic heterocycles. The second-order valence-corrected chi connectivity index (χ2v) is 4.74. The highest BCUT2D eigenvalue weighted by atomic mass is 16.4. The largest absolute Gasteiger partial charge is 0.480 e. The van der Waals surface area contributed by atoms with E-state index in [1.54, 1.807) is 13.8 Å². The van der Waals surface area contributed by atoms with Crippen molar-refractivity contribution >= 4 is 11.9 Å². The van der Waals surface area contributed by atoms with Gasteiger partial charge >= 0.3 is 5.97 Å². The van der Waals surface area contributed by atoms with Crippen LogP contribution >= 0.6 is 0 Å². The molecule has 2 unspecified atom stereocenters. The van der Waals surface area contributed by atoms with Gasteiger partial charge in [0, 0.05) is 18.4 Å². The van der Waals surface area contributed by atoms with E-state index in [1.807, 2.05) is 30.3 Å². The molecule has 1 aromatic rings. The van der Waals surface area contributed by atoms with Gasteiger partial charge in [-0.2, -0.15) is 0 Å². The molecule has 104 valence electrons. The number of carboxylic acids is 1. The first-order valence-corrected chi connectivity index (χ1v) is 6.24. The predicted molar refractivity (Wildman–Crippen MR) is 72.5 cm³/mol. The summed E-state index contributed by atoms with van der Waals surface area (Å²) in [5, 5.41) is 11.7. The third-order valence-corrected chi connectivity index (χ3v) is 3.10. The van der Waals surface area contributed by atoms with Gasteiger partial charge in [-0.05, 0) is 12.5 Å². The molecule has 0 heterocycles. The van der Waals surface area contributed by atoms with Gasteiger partial charge in [0.15, 0.2) is 0 Å². The molecular formula is C14H20N2O3. The Morgan fingerprint density at radius 3 is 2.32 bits per heavy atom. The summed E-state index contributed by atoms with van der Waals surface area (Å²) in [5.41, 5.74) is 6.50. The zero-order valence-electron chi connectivity index (χ0n) is 11.2. The average Bonchev–Trinajstić information content (AvgIpc) is 2.37. The Morgan fingerprint density at radius 1 is 1.26 bits per heavy atom. The van der Waals surface area contributed by atoms with Crippen molar-refractivity contribution in [2.75, 3.05) is 0 Å². The third-order valence-electron chi connectivity index (χ3n) is 3.10. The molecule has 19 heavy (non-hydrogen) atoms. The van der Waals surface area contributed by atoms with Crippen molar-refractivity contribution < 1.29 is 14.7 Å². The number of carbonyl (C=O) groups excluding carboxylic acids is 1. The molecule has 5 nitrogen and oxygen atoms in total. The van der Waals surface area contributed by atoms with Crippen LogP contribution in [-0.4, -0.2) is 29.1 Å². The minimum Gasteiger partial charge on any atom is -0.480 e. The molecule has 1 amide bonds. The lowest BCUT2D eigenvalue weighted by Crippen LogP contribution is -2.47. The van der Waals surface area contributed by atoms with Crippen molar-refractivity contribution in [1.82, 2.24) is 5.32 Å². The molecule has 0 saturated carbocycles. The van der Waals surface area contributed by atoms with Gasteiger partial charge in [0.25, 0.3) is 0 Å². The Balaban J connectivity index is 2.69. The Morgan fingerprint density at radius 2 is 1.84 bits per heavy atom. The van der Waals surface area contributed by atoms with Crippen LogP contribution < -0.4 is 11.1 Å². The number of rotatable bonds is 6. The number of carboxylic acid groups (broad SMARTS) is 1. The van der Waals surface area contributed by atoms with Gasteiger partial charge in [0.1, 0.15) is 6.04 Å². The number of hydrogen-bond donors (Lipinski definition) is 3. The van der Waals surface area contributed by atoms with Crippen LogP contribution in [0.4, 0.5) is 0 Å². The van der Waals surface area contributed by atoms with E-state index < -0.39 is 17.9 Å². The van der Waals surface area contributed by atoms with Crippen LogP contribution in [0, 0.1) is 5.92 Å². The monoisotopic (exact) mass is 264 g/mol. The van der Waals surface area contributed by atoms with E-state index >= 15 is 0 Å². The minimum absolute atomic E-state index is 0.258. The number of aliphatic carboxylic acids is 1. The topological polar surface area (TPSA) is 92.4 Å². The van der Waals surface area contributed by atoms with Gasteiger partial charge in [-0.25, -0.2) is 4.79 Å². The number of nitrogens with two attached hydrogens (primary N) is 1. The number of hydrogen-bond acceptors (Lipinski definition) is 3. The van der Waals surface area contributed by atoms with Crippen molar-refractivity contribution in [2.24, 2.45) is 11.7 Å². The van der Waals surface area contributed by atoms with Gasteiger partial charge in [-0.1, -0.05) is 37.3 Å². The van der Waals surface area contributed by atoms with Crippen molar-refractivity contribution in [1.29, 1.82) is 0 Å². The first kappa shape index (κ1) is 15.2. The second kappa shape index (κ2) is 6.89. The van der Waals surface area contributed by atoms with Crippen LogP contribution in [0.25, 0.3) is 0 Å². The molecule has 0 aromatic heterocycles. The minimum atomic E-state index is -1.05. The lowest BCUT2D eigenvalue weighted by Gasteiger charge is -2.19. The van der Waals surface area contributed by atoms with Crippen LogP contribution in [0.15, 0.2) is 30.3 Å². The maximum Gasteiger partial charge on any atom is 0.326 e. The van der Waals surface area contributed by atoms with Crippen molar-refractivity contribution in [3.05, 3.63) is 35.9 Å². The Hall–Kier alpha value is -1.88. The van der Waals surface area contributed by atoms with E-state index in [1.165, 1.54) is 0 Å². The molecule has 0 fully saturated rings. The van der Waals surface area contributed by atoms with E-state index in [2.05, 4.69) is 5.32 Å². The summed E-state index contributed by atoms with van der Waals surface area (Å²) >= 11 is 0. The first-order chi connectivity index (χ1) is 8.91. The molecule has 0 aliphatic rings. The fraction of sp³-hybridized carbons (Fsp3) is 0.429. The van der Waals surface area contributed by atoms with Crippen LogP contribution in [0.2, 0.25) is 0 Å². The number of carbonyl (C=O) groups is 2. The summed E-state index contributed by atoms with van der Waals surface area (Å²) in [5.74, 6) is -1.80. The number of amides is 1. The Bertz CT molecular complexity index is 432. The van der Waals surface area contributed by atoms with Gasteiger partial charge in [0.2, 0.25) is 5.91 Å². The maximum absolute atomic E-state index is 11.8. The first-order valence-electron chi connectivity index (χ1n) is 6.24. The molecule has 0 radical (unpaired) electrons. The number of benzene rings is 1. The Kier molecular flexibility index (Phi) is 5.51. The number of nitrogens with one attached hydrogen (secondary N) is 1. The highest BCUT2D eigenvalue weighted by molar-refractivity contribution is 5.85. The molecule has 5 heteroatoms. The van der Waals surface area contributed by atoms with Crippen LogP contribution in [0.5, 0.6) is 0 Å². The van der Waals surface area contributed by atoms with E-state index in [4.69, 9.17) is 10.8 Å². The van der Waals surface area contributed by atoms with E-state index in [9.17, 15) is 9.59 Å². The maximum atomic E-state index is 11.8. The van der Waals surface area contributed by atoms with Crippen molar-refractivity contribution in [3.63, 3.8) is 0 Å². The molecule has 4 N–H and O–H groups in total. The lowest BCUT2D eigenvalue weighted by atomic mass is 10.0. The Labute approximate surface area is 112 Å². The smallest absolute Gasteiger partial charge is 0.326 e. The molecule has 0 spiro atoms. The standard InChI is InChI=1S/C14H20N2O3/c1-9(10(2)15)13(17)16-12(14(18)19)8-11-6-4-3-5-7-11/h3-7,9-10,12H,8,15H2,1-2H3,(H,16,17)(H,18,19)/t9?,10?,12-/m0/s1. The van der Waals surface area contributed by atoms with Gasteiger partial charge < -0.3 is 16.2 Å². The third kappa shape index (κ3) is 4.71. The summed E-state index contributed by atoms with van der Waals surface area (Å²) in [6, 6.07) is 7.94. The quantitative estimate of drug-likeness (QED) is 0.708. The molecule has 3 atom stereocenters. The van der Waals surface area contributed by atoms with Crippen molar-refractivity contribution in [3.8, 4) is 0 Å².